The molecule has 7 nitrogen and oxygen atoms in total. The van der Waals surface area contributed by atoms with Crippen molar-refractivity contribution in [2.75, 3.05) is 0 Å². The number of hydrazone groups is 1. The van der Waals surface area contributed by atoms with Gasteiger partial charge in [0.05, 0.1) is 16.2 Å². The van der Waals surface area contributed by atoms with Crippen molar-refractivity contribution < 1.29 is 14.1 Å². The van der Waals surface area contributed by atoms with Gasteiger partial charge in [0.15, 0.2) is 0 Å². The van der Waals surface area contributed by atoms with E-state index in [0.29, 0.717) is 28.0 Å². The van der Waals surface area contributed by atoms with Crippen molar-refractivity contribution in [2.45, 2.75) is 32.6 Å². The van der Waals surface area contributed by atoms with Crippen LogP contribution in [0.3, 0.4) is 0 Å². The molecule has 2 saturated carbocycles. The first-order valence-corrected chi connectivity index (χ1v) is 9.65. The van der Waals surface area contributed by atoms with Gasteiger partial charge in [0.25, 0.3) is 5.69 Å². The normalized spacial score (nSPS) is 26.1. The van der Waals surface area contributed by atoms with Crippen molar-refractivity contribution in [2.24, 2.45) is 22.4 Å². The van der Waals surface area contributed by atoms with E-state index in [4.69, 9.17) is 16.0 Å². The Hall–Kier alpha value is -2.67. The summed E-state index contributed by atoms with van der Waals surface area (Å²) in [6.07, 6.45) is 6.02. The number of hydrogen-bond acceptors (Lipinski definition) is 5. The molecule has 28 heavy (non-hydrogen) atoms. The summed E-state index contributed by atoms with van der Waals surface area (Å²) >= 11 is 6.13. The van der Waals surface area contributed by atoms with Gasteiger partial charge in [-0.15, -0.1) is 0 Å². The van der Waals surface area contributed by atoms with Crippen molar-refractivity contribution >= 4 is 29.4 Å². The molecule has 4 rings (SSSR count). The van der Waals surface area contributed by atoms with Crippen LogP contribution in [0, 0.1) is 27.4 Å². The van der Waals surface area contributed by atoms with Crippen LogP contribution in [0.1, 0.15) is 38.4 Å². The molecule has 1 aromatic carbocycles. The number of nitrogens with one attached hydrogen (secondary N) is 1. The van der Waals surface area contributed by atoms with E-state index in [1.807, 2.05) is 0 Å². The van der Waals surface area contributed by atoms with Gasteiger partial charge in [-0.1, -0.05) is 31.4 Å². The molecule has 1 aromatic heterocycles. The first-order chi connectivity index (χ1) is 13.4. The third-order valence-corrected chi connectivity index (χ3v) is 6.36. The molecule has 0 saturated heterocycles. The maximum atomic E-state index is 12.4. The van der Waals surface area contributed by atoms with Gasteiger partial charge in [-0.05, 0) is 42.4 Å². The molecule has 1 heterocycles. The van der Waals surface area contributed by atoms with Crippen molar-refractivity contribution in [3.63, 3.8) is 0 Å². The highest BCUT2D eigenvalue weighted by atomic mass is 35.5. The Kier molecular flexibility index (Phi) is 4.71. The average Bonchev–Trinajstić information content (AvgIpc) is 3.03. The molecule has 146 valence electrons. The summed E-state index contributed by atoms with van der Waals surface area (Å²) in [5, 5.41) is 15.3. The molecule has 0 unspecified atom stereocenters. The van der Waals surface area contributed by atoms with E-state index in [-0.39, 0.29) is 22.9 Å². The van der Waals surface area contributed by atoms with Crippen molar-refractivity contribution in [1.82, 2.24) is 5.43 Å². The number of hydrogen-bond donors (Lipinski definition) is 1. The molecular weight excluding hydrogens is 382 g/mol. The minimum atomic E-state index is -0.489. The number of non-ortho nitro benzene ring substituents is 1. The number of carbonyl (C=O) groups is 1. The summed E-state index contributed by atoms with van der Waals surface area (Å²) in [7, 11) is 0. The number of nitro benzene ring substituents is 1. The van der Waals surface area contributed by atoms with Gasteiger partial charge in [-0.3, -0.25) is 14.9 Å². The summed E-state index contributed by atoms with van der Waals surface area (Å²) in [6.45, 7) is 2.19. The largest absolute Gasteiger partial charge is 0.455 e. The molecule has 0 spiro atoms. The lowest BCUT2D eigenvalue weighted by Gasteiger charge is -2.15. The molecule has 0 aliphatic heterocycles. The molecule has 2 aliphatic carbocycles. The predicted octanol–water partition coefficient (Wildman–Crippen LogP) is 4.78. The van der Waals surface area contributed by atoms with Crippen molar-refractivity contribution in [1.29, 1.82) is 0 Å². The number of amides is 1. The van der Waals surface area contributed by atoms with E-state index in [9.17, 15) is 14.9 Å². The fraction of sp³-hybridized carbons (Fsp3) is 0.400. The van der Waals surface area contributed by atoms with Gasteiger partial charge >= 0.3 is 0 Å². The lowest BCUT2D eigenvalue weighted by atomic mass is 9.90. The minimum Gasteiger partial charge on any atom is -0.455 e. The minimum absolute atomic E-state index is 0.0424. The summed E-state index contributed by atoms with van der Waals surface area (Å²) in [4.78, 5) is 22.9. The van der Waals surface area contributed by atoms with Crippen LogP contribution in [-0.2, 0) is 4.79 Å². The Balaban J connectivity index is 1.42. The molecule has 0 radical (unpaired) electrons. The van der Waals surface area contributed by atoms with Gasteiger partial charge in [0, 0.05) is 23.6 Å². The fourth-order valence-corrected chi connectivity index (χ4v) is 4.67. The van der Waals surface area contributed by atoms with Crippen LogP contribution in [0.15, 0.2) is 39.9 Å². The second kappa shape index (κ2) is 7.05. The van der Waals surface area contributed by atoms with E-state index in [0.717, 1.165) is 12.8 Å². The van der Waals surface area contributed by atoms with Gasteiger partial charge < -0.3 is 4.42 Å². The van der Waals surface area contributed by atoms with Crippen molar-refractivity contribution in [3.05, 3.63) is 51.2 Å². The lowest BCUT2D eigenvalue weighted by Crippen LogP contribution is -2.22. The molecule has 1 amide bonds. The predicted molar refractivity (Wildman–Crippen MR) is 105 cm³/mol. The van der Waals surface area contributed by atoms with E-state index >= 15 is 0 Å². The summed E-state index contributed by atoms with van der Waals surface area (Å²) in [6, 6.07) is 7.48. The summed E-state index contributed by atoms with van der Waals surface area (Å²) < 4.78 is 5.65. The Labute approximate surface area is 166 Å². The zero-order chi connectivity index (χ0) is 19.9. The third kappa shape index (κ3) is 3.30. The van der Waals surface area contributed by atoms with Crippen molar-refractivity contribution in [3.8, 4) is 11.3 Å². The first kappa shape index (κ1) is 18.7. The zero-order valence-corrected chi connectivity index (χ0v) is 16.1. The Bertz CT molecular complexity index is 970. The van der Waals surface area contributed by atoms with Crippen LogP contribution < -0.4 is 5.43 Å². The topological polar surface area (TPSA) is 97.7 Å². The van der Waals surface area contributed by atoms with E-state index in [1.54, 1.807) is 12.1 Å². The van der Waals surface area contributed by atoms with Crippen LogP contribution in [0.25, 0.3) is 11.3 Å². The maximum Gasteiger partial charge on any atom is 0.270 e. The number of carbonyl (C=O) groups excluding carboxylic acids is 1. The van der Waals surface area contributed by atoms with Gasteiger partial charge in [0.2, 0.25) is 5.91 Å². The molecule has 1 N–H and O–H groups in total. The number of furan rings is 1. The monoisotopic (exact) mass is 401 g/mol. The van der Waals surface area contributed by atoms with E-state index < -0.39 is 4.92 Å². The highest BCUT2D eigenvalue weighted by molar-refractivity contribution is 6.33. The Morgan fingerprint density at radius 2 is 2.21 bits per heavy atom. The quantitative estimate of drug-likeness (QED) is 0.442. The van der Waals surface area contributed by atoms with Crippen LogP contribution in [-0.4, -0.2) is 17.0 Å². The SMILES string of the molecule is C[C@@]12CCCC[C@H]1[C@@H]2C(=O)N/N=C\c1ccc(-c2cc([N+](=O)[O-])ccc2Cl)o1. The van der Waals surface area contributed by atoms with Crippen LogP contribution >= 0.6 is 11.6 Å². The average molecular weight is 402 g/mol. The number of benzene rings is 1. The van der Waals surface area contributed by atoms with Crippen LogP contribution in [0.4, 0.5) is 5.69 Å². The number of halogens is 1. The maximum absolute atomic E-state index is 12.4. The highest BCUT2D eigenvalue weighted by Crippen LogP contribution is 2.66. The lowest BCUT2D eigenvalue weighted by molar-refractivity contribution is -0.384. The standard InChI is InChI=1S/C20H20ClN3O4/c1-20-9-3-2-4-15(20)18(20)19(25)23-22-11-13-6-8-17(28-13)14-10-12(24(26)27)5-7-16(14)21/h5-8,10-11,15,18H,2-4,9H2,1H3,(H,23,25)/b22-11-/t15-,18+,20+/m0/s1. The number of nitrogens with zero attached hydrogens (tertiary/aromatic N) is 2. The number of rotatable bonds is 5. The molecular formula is C20H20ClN3O4. The second-order valence-electron chi connectivity index (χ2n) is 7.69. The first-order valence-electron chi connectivity index (χ1n) is 9.27. The smallest absolute Gasteiger partial charge is 0.270 e. The Morgan fingerprint density at radius 3 is 2.93 bits per heavy atom. The third-order valence-electron chi connectivity index (χ3n) is 6.03. The van der Waals surface area contributed by atoms with E-state index in [1.165, 1.54) is 37.3 Å². The molecule has 2 fully saturated rings. The molecule has 3 atom stereocenters. The summed E-state index contributed by atoms with van der Waals surface area (Å²) in [5.41, 5.74) is 3.10. The van der Waals surface area contributed by atoms with E-state index in [2.05, 4.69) is 17.5 Å². The molecule has 2 aliphatic rings. The zero-order valence-electron chi connectivity index (χ0n) is 15.4. The number of fused-ring (bicyclic) bond motifs is 1. The molecule has 2 aromatic rings. The molecule has 8 heteroatoms. The van der Waals surface area contributed by atoms with Crippen LogP contribution in [0.5, 0.6) is 0 Å². The second-order valence-corrected chi connectivity index (χ2v) is 8.10. The van der Waals surface area contributed by atoms with Crippen LogP contribution in [0.2, 0.25) is 5.02 Å². The van der Waals surface area contributed by atoms with Gasteiger partial charge in [-0.2, -0.15) is 5.10 Å². The van der Waals surface area contributed by atoms with Gasteiger partial charge in [-0.25, -0.2) is 5.43 Å². The number of nitro groups is 1. The molecule has 0 bridgehead atoms. The highest BCUT2D eigenvalue weighted by Gasteiger charge is 2.64. The summed E-state index contributed by atoms with van der Waals surface area (Å²) in [5.74, 6) is 1.28. The fourth-order valence-electron chi connectivity index (χ4n) is 4.46. The van der Waals surface area contributed by atoms with Gasteiger partial charge in [0.1, 0.15) is 11.5 Å². The Morgan fingerprint density at radius 1 is 1.39 bits per heavy atom.